The number of aromatic nitrogens is 2. The average molecular weight is 284 g/mol. The van der Waals surface area contributed by atoms with Gasteiger partial charge in [0.15, 0.2) is 0 Å². The van der Waals surface area contributed by atoms with Crippen LogP contribution in [0.25, 0.3) is 0 Å². The number of hydrogen-bond donors (Lipinski definition) is 1. The van der Waals surface area contributed by atoms with E-state index >= 15 is 0 Å². The fourth-order valence-corrected chi connectivity index (χ4v) is 3.84. The van der Waals surface area contributed by atoms with Crippen LogP contribution in [0.2, 0.25) is 25.2 Å². The predicted molar refractivity (Wildman–Crippen MR) is 76.9 cm³/mol. The van der Waals surface area contributed by atoms with Gasteiger partial charge in [0, 0.05) is 20.9 Å². The summed E-state index contributed by atoms with van der Waals surface area (Å²) in [6, 6.07) is 1.72. The maximum atomic E-state index is 10.6. The molecule has 1 heterocycles. The third-order valence-corrected chi connectivity index (χ3v) is 6.31. The van der Waals surface area contributed by atoms with Gasteiger partial charge in [-0.2, -0.15) is 5.10 Å². The van der Waals surface area contributed by atoms with E-state index in [9.17, 15) is 4.79 Å². The van der Waals surface area contributed by atoms with Crippen molar-refractivity contribution in [3.63, 3.8) is 0 Å². The number of ether oxygens (including phenoxy) is 1. The molecule has 0 spiro atoms. The molecule has 1 unspecified atom stereocenters. The molecule has 0 saturated heterocycles. The fraction of sp³-hybridized carbons (Fsp3) is 0.692. The Bertz CT molecular complexity index is 412. The highest BCUT2D eigenvalue weighted by molar-refractivity contribution is 6.77. The largest absolute Gasteiger partial charge is 0.481 e. The summed E-state index contributed by atoms with van der Waals surface area (Å²) in [6.45, 7) is 10.4. The van der Waals surface area contributed by atoms with E-state index in [1.54, 1.807) is 16.9 Å². The second kappa shape index (κ2) is 6.86. The maximum Gasteiger partial charge on any atom is 0.309 e. The Morgan fingerprint density at radius 1 is 1.53 bits per heavy atom. The van der Waals surface area contributed by atoms with Crippen molar-refractivity contribution in [2.24, 2.45) is 0 Å². The van der Waals surface area contributed by atoms with Gasteiger partial charge < -0.3 is 9.84 Å². The molecule has 5 nitrogen and oxygen atoms in total. The van der Waals surface area contributed by atoms with Crippen molar-refractivity contribution >= 4 is 14.0 Å². The van der Waals surface area contributed by atoms with E-state index in [1.165, 1.54) is 0 Å². The van der Waals surface area contributed by atoms with Crippen LogP contribution < -0.4 is 0 Å². The second-order valence-corrected chi connectivity index (χ2v) is 11.4. The lowest BCUT2D eigenvalue weighted by molar-refractivity contribution is -0.136. The Morgan fingerprint density at radius 2 is 2.21 bits per heavy atom. The maximum absolute atomic E-state index is 10.6. The van der Waals surface area contributed by atoms with Gasteiger partial charge in [-0.3, -0.25) is 4.79 Å². The molecule has 0 amide bonds. The zero-order chi connectivity index (χ0) is 14.5. The molecule has 0 bridgehead atoms. The third-order valence-electron chi connectivity index (χ3n) is 3.29. The highest BCUT2D eigenvalue weighted by Gasteiger charge is 2.24. The van der Waals surface area contributed by atoms with Crippen LogP contribution in [0.5, 0.6) is 0 Å². The van der Waals surface area contributed by atoms with Gasteiger partial charge in [-0.05, 0) is 11.6 Å². The molecule has 1 atom stereocenters. The van der Waals surface area contributed by atoms with Gasteiger partial charge in [0.2, 0.25) is 0 Å². The SMILES string of the molecule is CCC(COCn1ccc(CC(=O)O)n1)[Si](C)(C)C. The summed E-state index contributed by atoms with van der Waals surface area (Å²) in [5.41, 5.74) is 1.20. The average Bonchev–Trinajstić information content (AvgIpc) is 2.69. The van der Waals surface area contributed by atoms with Gasteiger partial charge in [-0.1, -0.05) is 33.0 Å². The lowest BCUT2D eigenvalue weighted by Gasteiger charge is -2.27. The van der Waals surface area contributed by atoms with Crippen molar-refractivity contribution in [1.82, 2.24) is 9.78 Å². The van der Waals surface area contributed by atoms with Crippen LogP contribution in [-0.2, 0) is 22.7 Å². The molecule has 0 saturated carbocycles. The van der Waals surface area contributed by atoms with Crippen molar-refractivity contribution in [3.05, 3.63) is 18.0 Å². The van der Waals surface area contributed by atoms with E-state index in [1.807, 2.05) is 0 Å². The van der Waals surface area contributed by atoms with Crippen molar-refractivity contribution in [2.75, 3.05) is 6.61 Å². The van der Waals surface area contributed by atoms with Crippen LogP contribution in [0.3, 0.4) is 0 Å². The Hall–Kier alpha value is -1.14. The van der Waals surface area contributed by atoms with Crippen molar-refractivity contribution in [2.45, 2.75) is 51.7 Å². The van der Waals surface area contributed by atoms with E-state index in [-0.39, 0.29) is 6.42 Å². The van der Waals surface area contributed by atoms with E-state index < -0.39 is 14.0 Å². The summed E-state index contributed by atoms with van der Waals surface area (Å²) in [5.74, 6) is -0.865. The molecule has 108 valence electrons. The van der Waals surface area contributed by atoms with E-state index in [4.69, 9.17) is 9.84 Å². The molecule has 1 rings (SSSR count). The number of rotatable bonds is 8. The molecule has 0 aliphatic heterocycles. The Morgan fingerprint density at radius 3 is 2.74 bits per heavy atom. The predicted octanol–water partition coefficient (Wildman–Crippen LogP) is 2.60. The molecule has 0 aliphatic rings. The molecular formula is C13H24N2O3Si. The molecule has 1 aromatic rings. The first-order chi connectivity index (χ1) is 8.82. The lowest BCUT2D eigenvalue weighted by Crippen LogP contribution is -2.31. The van der Waals surface area contributed by atoms with Gasteiger partial charge in [0.05, 0.1) is 12.1 Å². The van der Waals surface area contributed by atoms with Crippen molar-refractivity contribution in [3.8, 4) is 0 Å². The topological polar surface area (TPSA) is 64.3 Å². The molecule has 6 heteroatoms. The monoisotopic (exact) mass is 284 g/mol. The van der Waals surface area contributed by atoms with Crippen LogP contribution >= 0.6 is 0 Å². The van der Waals surface area contributed by atoms with Gasteiger partial charge in [0.1, 0.15) is 6.73 Å². The summed E-state index contributed by atoms with van der Waals surface area (Å²) >= 11 is 0. The summed E-state index contributed by atoms with van der Waals surface area (Å²) in [6.07, 6.45) is 2.85. The van der Waals surface area contributed by atoms with Gasteiger partial charge in [0.25, 0.3) is 0 Å². The first-order valence-electron chi connectivity index (χ1n) is 6.64. The normalized spacial score (nSPS) is 13.5. The summed E-state index contributed by atoms with van der Waals surface area (Å²) in [7, 11) is -1.17. The molecule has 0 aliphatic carbocycles. The summed E-state index contributed by atoms with van der Waals surface area (Å²) < 4.78 is 7.35. The van der Waals surface area contributed by atoms with E-state index in [0.717, 1.165) is 13.0 Å². The van der Waals surface area contributed by atoms with Crippen LogP contribution in [0.4, 0.5) is 0 Å². The smallest absolute Gasteiger partial charge is 0.309 e. The van der Waals surface area contributed by atoms with Gasteiger partial charge in [-0.15, -0.1) is 0 Å². The number of carboxylic acid groups (broad SMARTS) is 1. The molecule has 0 fully saturated rings. The Balaban J connectivity index is 2.40. The first kappa shape index (κ1) is 15.9. The fourth-order valence-electron chi connectivity index (χ4n) is 1.99. The molecule has 1 aromatic heterocycles. The minimum absolute atomic E-state index is 0.0422. The number of hydrogen-bond acceptors (Lipinski definition) is 3. The number of nitrogens with zero attached hydrogens (tertiary/aromatic N) is 2. The molecule has 0 radical (unpaired) electrons. The highest BCUT2D eigenvalue weighted by atomic mass is 28.3. The van der Waals surface area contributed by atoms with Gasteiger partial charge in [-0.25, -0.2) is 4.68 Å². The Kier molecular flexibility index (Phi) is 5.75. The molecule has 19 heavy (non-hydrogen) atoms. The number of carbonyl (C=O) groups is 1. The number of carboxylic acids is 1. The van der Waals surface area contributed by atoms with Crippen LogP contribution in [0.1, 0.15) is 19.0 Å². The minimum atomic E-state index is -1.17. The zero-order valence-corrected chi connectivity index (χ0v) is 13.2. The minimum Gasteiger partial charge on any atom is -0.481 e. The van der Waals surface area contributed by atoms with Gasteiger partial charge >= 0.3 is 5.97 Å². The lowest BCUT2D eigenvalue weighted by atomic mass is 10.3. The Labute approximate surface area is 115 Å². The third kappa shape index (κ3) is 5.57. The number of aliphatic carboxylic acids is 1. The van der Waals surface area contributed by atoms with Crippen LogP contribution in [-0.4, -0.2) is 35.5 Å². The first-order valence-corrected chi connectivity index (χ1v) is 10.2. The summed E-state index contributed by atoms with van der Waals surface area (Å²) in [5, 5.41) is 12.8. The van der Waals surface area contributed by atoms with E-state index in [2.05, 4.69) is 31.7 Å². The van der Waals surface area contributed by atoms with Crippen molar-refractivity contribution < 1.29 is 14.6 Å². The van der Waals surface area contributed by atoms with Crippen LogP contribution in [0, 0.1) is 0 Å². The molecule has 0 aromatic carbocycles. The molecule has 1 N–H and O–H groups in total. The quantitative estimate of drug-likeness (QED) is 0.745. The second-order valence-electron chi connectivity index (χ2n) is 5.89. The van der Waals surface area contributed by atoms with Crippen molar-refractivity contribution in [1.29, 1.82) is 0 Å². The molecular weight excluding hydrogens is 260 g/mol. The highest BCUT2D eigenvalue weighted by Crippen LogP contribution is 2.25. The van der Waals surface area contributed by atoms with E-state index in [0.29, 0.717) is 18.0 Å². The zero-order valence-electron chi connectivity index (χ0n) is 12.2. The summed E-state index contributed by atoms with van der Waals surface area (Å²) in [4.78, 5) is 10.6. The van der Waals surface area contributed by atoms with Crippen LogP contribution in [0.15, 0.2) is 12.3 Å². The standard InChI is InChI=1S/C13H24N2O3Si/c1-5-12(19(2,3)4)9-18-10-15-7-6-11(14-15)8-13(16)17/h6-7,12H,5,8-10H2,1-4H3,(H,16,17).